The van der Waals surface area contributed by atoms with Crippen LogP contribution < -0.4 is 10.2 Å². The third kappa shape index (κ3) is 3.86. The van der Waals surface area contributed by atoms with Gasteiger partial charge in [-0.2, -0.15) is 0 Å². The molecule has 1 saturated heterocycles. The number of anilines is 2. The fourth-order valence-corrected chi connectivity index (χ4v) is 3.27. The van der Waals surface area contributed by atoms with Gasteiger partial charge in [-0.05, 0) is 49.9 Å². The van der Waals surface area contributed by atoms with E-state index in [0.717, 1.165) is 24.7 Å². The topological polar surface area (TPSA) is 58.4 Å². The summed E-state index contributed by atoms with van der Waals surface area (Å²) in [5.41, 5.74) is 3.17. The second-order valence-corrected chi connectivity index (χ2v) is 7.33. The Morgan fingerprint density at radius 3 is 2.48 bits per heavy atom. The van der Waals surface area contributed by atoms with E-state index in [0.29, 0.717) is 17.0 Å². The minimum atomic E-state index is -0.165. The molecule has 0 bridgehead atoms. The summed E-state index contributed by atoms with van der Waals surface area (Å²) in [4.78, 5) is 15.0. The third-order valence-electron chi connectivity index (χ3n) is 4.91. The van der Waals surface area contributed by atoms with Crippen LogP contribution in [0.1, 0.15) is 61.3 Å². The molecular weight excluding hydrogens is 314 g/mol. The molecule has 0 saturated carbocycles. The zero-order valence-electron chi connectivity index (χ0n) is 15.5. The second-order valence-electron chi connectivity index (χ2n) is 7.33. The van der Waals surface area contributed by atoms with Crippen LogP contribution in [-0.2, 0) is 0 Å². The molecular formula is C20H27N3O2. The van der Waals surface area contributed by atoms with Crippen LogP contribution in [0, 0.1) is 12.8 Å². The molecule has 1 amide bonds. The van der Waals surface area contributed by atoms with Crippen molar-refractivity contribution in [2.24, 2.45) is 5.92 Å². The normalized spacial score (nSPS) is 15.6. The molecule has 1 fully saturated rings. The zero-order chi connectivity index (χ0) is 18.0. The van der Waals surface area contributed by atoms with Crippen molar-refractivity contribution in [2.45, 2.75) is 46.5 Å². The zero-order valence-corrected chi connectivity index (χ0v) is 15.5. The van der Waals surface area contributed by atoms with Gasteiger partial charge in [0.25, 0.3) is 5.91 Å². The highest BCUT2D eigenvalue weighted by atomic mass is 16.5. The van der Waals surface area contributed by atoms with Crippen LogP contribution in [0.15, 0.2) is 28.8 Å². The molecule has 3 rings (SSSR count). The van der Waals surface area contributed by atoms with Crippen LogP contribution in [-0.4, -0.2) is 24.2 Å². The molecule has 0 atom stereocenters. The first kappa shape index (κ1) is 17.5. The molecule has 1 aromatic heterocycles. The molecule has 2 aromatic rings. The largest absolute Gasteiger partial charge is 0.372 e. The Labute approximate surface area is 149 Å². The van der Waals surface area contributed by atoms with Crippen molar-refractivity contribution in [3.8, 4) is 0 Å². The van der Waals surface area contributed by atoms with Crippen molar-refractivity contribution in [3.63, 3.8) is 0 Å². The molecule has 1 aromatic carbocycles. The lowest BCUT2D eigenvalue weighted by Crippen LogP contribution is -2.32. The summed E-state index contributed by atoms with van der Waals surface area (Å²) in [6.07, 6.45) is 2.48. The van der Waals surface area contributed by atoms with Crippen molar-refractivity contribution in [2.75, 3.05) is 23.3 Å². The molecule has 0 unspecified atom stereocenters. The molecule has 0 radical (unpaired) electrons. The maximum absolute atomic E-state index is 12.6. The van der Waals surface area contributed by atoms with Crippen LogP contribution in [0.25, 0.3) is 0 Å². The number of carbonyl (C=O) groups is 1. The number of aromatic nitrogens is 1. The monoisotopic (exact) mass is 341 g/mol. The standard InChI is InChI=1S/C20H27N3O2/c1-13(2)19-18(15(4)22-25-19)20(24)21-16-5-7-17(8-6-16)23-11-9-14(3)10-12-23/h5-8,13-14H,9-12H2,1-4H3,(H,21,24). The molecule has 2 heterocycles. The number of rotatable bonds is 4. The molecule has 1 aliphatic heterocycles. The number of benzene rings is 1. The number of hydrogen-bond acceptors (Lipinski definition) is 4. The molecule has 5 nitrogen and oxygen atoms in total. The lowest BCUT2D eigenvalue weighted by atomic mass is 9.99. The first-order chi connectivity index (χ1) is 12.0. The SMILES string of the molecule is Cc1noc(C(C)C)c1C(=O)Nc1ccc(N2CCC(C)CC2)cc1. The van der Waals surface area contributed by atoms with Gasteiger partial charge in [-0.1, -0.05) is 25.9 Å². The van der Waals surface area contributed by atoms with Crippen molar-refractivity contribution in [3.05, 3.63) is 41.3 Å². The summed E-state index contributed by atoms with van der Waals surface area (Å²) in [5, 5.41) is 6.90. The molecule has 5 heteroatoms. The minimum Gasteiger partial charge on any atom is -0.372 e. The number of nitrogens with one attached hydrogen (secondary N) is 1. The lowest BCUT2D eigenvalue weighted by molar-refractivity contribution is 0.102. The number of amides is 1. The Balaban J connectivity index is 1.69. The van der Waals surface area contributed by atoms with Crippen LogP contribution >= 0.6 is 0 Å². The second kappa shape index (κ2) is 7.30. The van der Waals surface area contributed by atoms with Gasteiger partial charge in [0.05, 0.1) is 5.69 Å². The highest BCUT2D eigenvalue weighted by Gasteiger charge is 2.22. The van der Waals surface area contributed by atoms with Gasteiger partial charge in [0.15, 0.2) is 5.76 Å². The van der Waals surface area contributed by atoms with Crippen molar-refractivity contribution < 1.29 is 9.32 Å². The summed E-state index contributed by atoms with van der Waals surface area (Å²) in [6, 6.07) is 8.08. The predicted octanol–water partition coefficient (Wildman–Crippen LogP) is 4.60. The maximum Gasteiger partial charge on any atom is 0.261 e. The number of carbonyl (C=O) groups excluding carboxylic acids is 1. The number of aryl methyl sites for hydroxylation is 1. The minimum absolute atomic E-state index is 0.116. The summed E-state index contributed by atoms with van der Waals surface area (Å²) in [5.74, 6) is 1.40. The lowest BCUT2D eigenvalue weighted by Gasteiger charge is -2.32. The molecule has 1 aliphatic rings. The van der Waals surface area contributed by atoms with Gasteiger partial charge in [-0.15, -0.1) is 0 Å². The van der Waals surface area contributed by atoms with Crippen LogP contribution in [0.2, 0.25) is 0 Å². The highest BCUT2D eigenvalue weighted by molar-refractivity contribution is 6.05. The number of nitrogens with zero attached hydrogens (tertiary/aromatic N) is 2. The van der Waals surface area contributed by atoms with Crippen LogP contribution in [0.5, 0.6) is 0 Å². The Bertz CT molecular complexity index is 726. The summed E-state index contributed by atoms with van der Waals surface area (Å²) in [6.45, 7) is 10.3. The Morgan fingerprint density at radius 2 is 1.88 bits per heavy atom. The van der Waals surface area contributed by atoms with Gasteiger partial charge >= 0.3 is 0 Å². The quantitative estimate of drug-likeness (QED) is 0.883. The van der Waals surface area contributed by atoms with E-state index in [1.165, 1.54) is 18.5 Å². The Hall–Kier alpha value is -2.30. The number of hydrogen-bond donors (Lipinski definition) is 1. The van der Waals surface area contributed by atoms with Gasteiger partial charge in [0, 0.05) is 30.4 Å². The molecule has 0 aliphatic carbocycles. The molecule has 0 spiro atoms. The number of piperidine rings is 1. The summed E-state index contributed by atoms with van der Waals surface area (Å²) >= 11 is 0. The van der Waals surface area contributed by atoms with Gasteiger partial charge in [-0.3, -0.25) is 4.79 Å². The first-order valence-corrected chi connectivity index (χ1v) is 9.08. The molecule has 25 heavy (non-hydrogen) atoms. The van der Waals surface area contributed by atoms with E-state index in [4.69, 9.17) is 4.52 Å². The average molecular weight is 341 g/mol. The summed E-state index contributed by atoms with van der Waals surface area (Å²) < 4.78 is 5.31. The van der Waals surface area contributed by atoms with Crippen molar-refractivity contribution in [1.82, 2.24) is 5.16 Å². The van der Waals surface area contributed by atoms with Gasteiger partial charge < -0.3 is 14.7 Å². The van der Waals surface area contributed by atoms with E-state index >= 15 is 0 Å². The van der Waals surface area contributed by atoms with E-state index in [1.54, 1.807) is 6.92 Å². The highest BCUT2D eigenvalue weighted by Crippen LogP contribution is 2.26. The average Bonchev–Trinajstić information content (AvgIpc) is 2.98. The van der Waals surface area contributed by atoms with Gasteiger partial charge in [0.2, 0.25) is 0 Å². The van der Waals surface area contributed by atoms with Crippen LogP contribution in [0.3, 0.4) is 0 Å². The van der Waals surface area contributed by atoms with E-state index in [2.05, 4.69) is 34.4 Å². The summed E-state index contributed by atoms with van der Waals surface area (Å²) in [7, 11) is 0. The first-order valence-electron chi connectivity index (χ1n) is 9.08. The van der Waals surface area contributed by atoms with Gasteiger partial charge in [-0.25, -0.2) is 0 Å². The Kier molecular flexibility index (Phi) is 5.11. The van der Waals surface area contributed by atoms with Crippen LogP contribution in [0.4, 0.5) is 11.4 Å². The smallest absolute Gasteiger partial charge is 0.261 e. The van der Waals surface area contributed by atoms with E-state index < -0.39 is 0 Å². The van der Waals surface area contributed by atoms with Crippen molar-refractivity contribution in [1.29, 1.82) is 0 Å². The predicted molar refractivity (Wildman–Crippen MR) is 100 cm³/mol. The maximum atomic E-state index is 12.6. The Morgan fingerprint density at radius 1 is 1.24 bits per heavy atom. The van der Waals surface area contributed by atoms with E-state index in [-0.39, 0.29) is 11.8 Å². The molecule has 134 valence electrons. The van der Waals surface area contributed by atoms with Crippen molar-refractivity contribution >= 4 is 17.3 Å². The fourth-order valence-electron chi connectivity index (χ4n) is 3.27. The van der Waals surface area contributed by atoms with E-state index in [1.807, 2.05) is 26.0 Å². The third-order valence-corrected chi connectivity index (χ3v) is 4.91. The van der Waals surface area contributed by atoms with E-state index in [9.17, 15) is 4.79 Å². The molecule has 1 N–H and O–H groups in total. The fraction of sp³-hybridized carbons (Fsp3) is 0.500. The van der Waals surface area contributed by atoms with Gasteiger partial charge in [0.1, 0.15) is 5.56 Å².